The van der Waals surface area contributed by atoms with Gasteiger partial charge in [0.15, 0.2) is 0 Å². The molecule has 5 nitrogen and oxygen atoms in total. The third-order valence-corrected chi connectivity index (χ3v) is 6.02. The molecule has 0 spiro atoms. The molecule has 5 heteroatoms. The quantitative estimate of drug-likeness (QED) is 0.911. The van der Waals surface area contributed by atoms with Crippen molar-refractivity contribution >= 4 is 5.91 Å². The Labute approximate surface area is 133 Å². The maximum Gasteiger partial charge on any atom is 0.242 e. The molecule has 3 rings (SSSR count). The number of hydrogen-bond donors (Lipinski definition) is 1. The number of piperidine rings is 2. The van der Waals surface area contributed by atoms with Gasteiger partial charge in [-0.2, -0.15) is 5.10 Å². The fourth-order valence-corrected chi connectivity index (χ4v) is 3.93. The largest absolute Gasteiger partial charge is 0.341 e. The molecule has 1 N–H and O–H groups in total. The Morgan fingerprint density at radius 3 is 2.50 bits per heavy atom. The number of H-pyrrole nitrogens is 1. The molecule has 0 aromatic carbocycles. The summed E-state index contributed by atoms with van der Waals surface area (Å²) in [6.07, 6.45) is 7.16. The molecule has 2 aliphatic heterocycles. The standard InChI is InChI=1S/C17H28N4O/c1-16(14-6-10-18-19-14)8-12-21(13-9-16)15(22)17(2)7-4-5-11-20(17)3/h6,10H,4-5,7-9,11-13H2,1-3H3,(H,18,19)/t17-/m0/s1. The van der Waals surface area contributed by atoms with E-state index in [0.717, 1.165) is 45.3 Å². The zero-order valence-corrected chi connectivity index (χ0v) is 14.1. The lowest BCUT2D eigenvalue weighted by atomic mass is 9.77. The van der Waals surface area contributed by atoms with Gasteiger partial charge < -0.3 is 4.90 Å². The number of rotatable bonds is 2. The maximum atomic E-state index is 13.0. The van der Waals surface area contributed by atoms with Crippen LogP contribution >= 0.6 is 0 Å². The molecule has 0 bridgehead atoms. The fraction of sp³-hybridized carbons (Fsp3) is 0.765. The first-order valence-electron chi connectivity index (χ1n) is 8.46. The summed E-state index contributed by atoms with van der Waals surface area (Å²) in [5, 5.41) is 7.19. The monoisotopic (exact) mass is 304 g/mol. The second-order valence-corrected chi connectivity index (χ2v) is 7.48. The second-order valence-electron chi connectivity index (χ2n) is 7.48. The Hall–Kier alpha value is -1.36. The van der Waals surface area contributed by atoms with Crippen LogP contribution in [0.3, 0.4) is 0 Å². The molecule has 2 aliphatic rings. The van der Waals surface area contributed by atoms with Crippen molar-refractivity contribution in [3.05, 3.63) is 18.0 Å². The summed E-state index contributed by atoms with van der Waals surface area (Å²) < 4.78 is 0. The van der Waals surface area contributed by atoms with E-state index in [0.29, 0.717) is 5.91 Å². The topological polar surface area (TPSA) is 52.2 Å². The zero-order chi connectivity index (χ0) is 15.8. The number of hydrogen-bond acceptors (Lipinski definition) is 3. The summed E-state index contributed by atoms with van der Waals surface area (Å²) in [6, 6.07) is 2.06. The molecule has 1 aromatic heterocycles. The normalized spacial score (nSPS) is 29.5. The number of nitrogens with zero attached hydrogens (tertiary/aromatic N) is 3. The number of carbonyl (C=O) groups excluding carboxylic acids is 1. The van der Waals surface area contributed by atoms with Crippen molar-refractivity contribution in [3.8, 4) is 0 Å². The first-order valence-corrected chi connectivity index (χ1v) is 8.46. The van der Waals surface area contributed by atoms with Crippen molar-refractivity contribution in [1.29, 1.82) is 0 Å². The summed E-state index contributed by atoms with van der Waals surface area (Å²) in [6.45, 7) is 7.12. The third kappa shape index (κ3) is 2.56. The highest BCUT2D eigenvalue weighted by atomic mass is 16.2. The first kappa shape index (κ1) is 15.5. The Bertz CT molecular complexity index is 519. The van der Waals surface area contributed by atoms with E-state index >= 15 is 0 Å². The molecule has 2 saturated heterocycles. The van der Waals surface area contributed by atoms with E-state index in [9.17, 15) is 4.79 Å². The lowest BCUT2D eigenvalue weighted by Gasteiger charge is -2.46. The van der Waals surface area contributed by atoms with Crippen LogP contribution in [0.25, 0.3) is 0 Å². The van der Waals surface area contributed by atoms with Gasteiger partial charge in [-0.1, -0.05) is 6.92 Å². The Balaban J connectivity index is 1.67. The number of nitrogens with one attached hydrogen (secondary N) is 1. The van der Waals surface area contributed by atoms with E-state index in [1.807, 2.05) is 6.20 Å². The molecule has 3 heterocycles. The van der Waals surface area contributed by atoms with Crippen LogP contribution in [0.5, 0.6) is 0 Å². The number of aromatic nitrogens is 2. The van der Waals surface area contributed by atoms with Gasteiger partial charge in [0.05, 0.1) is 5.54 Å². The lowest BCUT2D eigenvalue weighted by Crippen LogP contribution is -2.60. The Morgan fingerprint density at radius 1 is 1.18 bits per heavy atom. The van der Waals surface area contributed by atoms with Gasteiger partial charge in [0, 0.05) is 30.4 Å². The highest BCUT2D eigenvalue weighted by Crippen LogP contribution is 2.36. The first-order chi connectivity index (χ1) is 10.5. The van der Waals surface area contributed by atoms with Crippen LogP contribution in [0.2, 0.25) is 0 Å². The molecule has 2 fully saturated rings. The predicted octanol–water partition coefficient (Wildman–Crippen LogP) is 2.16. The summed E-state index contributed by atoms with van der Waals surface area (Å²) in [5.41, 5.74) is 1.01. The van der Waals surface area contributed by atoms with Gasteiger partial charge in [0.1, 0.15) is 0 Å². The number of carbonyl (C=O) groups is 1. The van der Waals surface area contributed by atoms with Crippen molar-refractivity contribution in [2.24, 2.45) is 0 Å². The maximum absolute atomic E-state index is 13.0. The van der Waals surface area contributed by atoms with Gasteiger partial charge in [-0.15, -0.1) is 0 Å². The van der Waals surface area contributed by atoms with Crippen LogP contribution in [0.15, 0.2) is 12.3 Å². The molecule has 0 unspecified atom stereocenters. The van der Waals surface area contributed by atoms with Crippen molar-refractivity contribution in [2.45, 2.75) is 56.9 Å². The zero-order valence-electron chi connectivity index (χ0n) is 14.1. The molecule has 0 aliphatic carbocycles. The average molecular weight is 304 g/mol. The SMILES string of the molecule is CN1CCCC[C@@]1(C)C(=O)N1CCC(C)(c2ccn[nH]2)CC1. The molecule has 1 atom stereocenters. The summed E-state index contributed by atoms with van der Waals surface area (Å²) in [5.74, 6) is 0.321. The van der Waals surface area contributed by atoms with Gasteiger partial charge in [-0.05, 0) is 58.7 Å². The van der Waals surface area contributed by atoms with Gasteiger partial charge in [-0.3, -0.25) is 14.8 Å². The Morgan fingerprint density at radius 2 is 1.91 bits per heavy atom. The van der Waals surface area contributed by atoms with Crippen LogP contribution in [0.1, 0.15) is 51.6 Å². The molecule has 1 aromatic rings. The average Bonchev–Trinajstić information content (AvgIpc) is 3.06. The van der Waals surface area contributed by atoms with Gasteiger partial charge in [0.2, 0.25) is 5.91 Å². The number of amides is 1. The molecule has 0 saturated carbocycles. The predicted molar refractivity (Wildman–Crippen MR) is 86.6 cm³/mol. The smallest absolute Gasteiger partial charge is 0.242 e. The van der Waals surface area contributed by atoms with Crippen LogP contribution in [0.4, 0.5) is 0 Å². The van der Waals surface area contributed by atoms with Crippen LogP contribution < -0.4 is 0 Å². The van der Waals surface area contributed by atoms with E-state index < -0.39 is 0 Å². The fourth-order valence-electron chi connectivity index (χ4n) is 3.93. The summed E-state index contributed by atoms with van der Waals surface area (Å²) >= 11 is 0. The van der Waals surface area contributed by atoms with E-state index in [1.165, 1.54) is 12.1 Å². The minimum absolute atomic E-state index is 0.118. The molecule has 0 radical (unpaired) electrons. The van der Waals surface area contributed by atoms with Crippen LogP contribution in [0, 0.1) is 0 Å². The molecular weight excluding hydrogens is 276 g/mol. The lowest BCUT2D eigenvalue weighted by molar-refractivity contribution is -0.146. The highest BCUT2D eigenvalue weighted by molar-refractivity contribution is 5.86. The Kier molecular flexibility index (Phi) is 4.02. The van der Waals surface area contributed by atoms with Crippen molar-refractivity contribution in [3.63, 3.8) is 0 Å². The molecule has 122 valence electrons. The van der Waals surface area contributed by atoms with E-state index in [1.54, 1.807) is 0 Å². The van der Waals surface area contributed by atoms with E-state index in [2.05, 4.69) is 47.0 Å². The third-order valence-electron chi connectivity index (χ3n) is 6.02. The van der Waals surface area contributed by atoms with Crippen LogP contribution in [-0.4, -0.2) is 58.1 Å². The second kappa shape index (κ2) is 5.69. The number of aromatic amines is 1. The number of likely N-dealkylation sites (N-methyl/N-ethyl adjacent to an activating group) is 1. The minimum atomic E-state index is -0.306. The van der Waals surface area contributed by atoms with Crippen LogP contribution in [-0.2, 0) is 10.2 Å². The number of likely N-dealkylation sites (tertiary alicyclic amines) is 2. The van der Waals surface area contributed by atoms with Crippen molar-refractivity contribution in [1.82, 2.24) is 20.0 Å². The molecular formula is C17H28N4O. The van der Waals surface area contributed by atoms with Gasteiger partial charge in [-0.25, -0.2) is 0 Å². The summed E-state index contributed by atoms with van der Waals surface area (Å²) in [4.78, 5) is 17.4. The van der Waals surface area contributed by atoms with Gasteiger partial charge in [0.25, 0.3) is 0 Å². The van der Waals surface area contributed by atoms with E-state index in [-0.39, 0.29) is 11.0 Å². The van der Waals surface area contributed by atoms with Crippen molar-refractivity contribution in [2.75, 3.05) is 26.7 Å². The molecule has 22 heavy (non-hydrogen) atoms. The molecule has 1 amide bonds. The minimum Gasteiger partial charge on any atom is -0.341 e. The van der Waals surface area contributed by atoms with Gasteiger partial charge >= 0.3 is 0 Å². The summed E-state index contributed by atoms with van der Waals surface area (Å²) in [7, 11) is 2.09. The van der Waals surface area contributed by atoms with E-state index in [4.69, 9.17) is 0 Å². The highest BCUT2D eigenvalue weighted by Gasteiger charge is 2.44. The van der Waals surface area contributed by atoms with Crippen molar-refractivity contribution < 1.29 is 4.79 Å².